The van der Waals surface area contributed by atoms with Crippen LogP contribution in [0.3, 0.4) is 0 Å². The third-order valence-corrected chi connectivity index (χ3v) is 2.57. The van der Waals surface area contributed by atoms with Gasteiger partial charge < -0.3 is 25.3 Å². The minimum Gasteiger partial charge on any atom is -0.793 e. The zero-order valence-electron chi connectivity index (χ0n) is 15.5. The first kappa shape index (κ1) is 34.0. The summed E-state index contributed by atoms with van der Waals surface area (Å²) in [7, 11) is 0. The Morgan fingerprint density at radius 3 is 0.905 bits per heavy atom. The van der Waals surface area contributed by atoms with E-state index in [0.29, 0.717) is 0 Å². The second kappa shape index (κ2) is 37.6. The second-order valence-electron chi connectivity index (χ2n) is 5.48. The van der Waals surface area contributed by atoms with E-state index in [-0.39, 0.29) is 23.9 Å². The van der Waals surface area contributed by atoms with Crippen molar-refractivity contribution >= 4 is 49.2 Å². The van der Waals surface area contributed by atoms with Crippen LogP contribution in [0.5, 0.6) is 0 Å². The average molecular weight is 439 g/mol. The molecule has 0 nitrogen and oxygen atoms in total. The van der Waals surface area contributed by atoms with E-state index in [0.717, 1.165) is 36.2 Å². The quantitative estimate of drug-likeness (QED) is 0.367. The summed E-state index contributed by atoms with van der Waals surface area (Å²) in [6, 6.07) is 0. The molecule has 0 atom stereocenters. The molecule has 21 heavy (non-hydrogen) atoms. The first-order valence-corrected chi connectivity index (χ1v) is 9.27. The minimum atomic E-state index is 0. The summed E-state index contributed by atoms with van der Waals surface area (Å²) in [5.74, 6) is 3.42. The van der Waals surface area contributed by atoms with Crippen LogP contribution in [0.25, 0.3) is 0 Å². The van der Waals surface area contributed by atoms with E-state index in [1.54, 1.807) is 0 Å². The number of hydrogen-bond acceptors (Lipinski definition) is 2. The fourth-order valence-electron chi connectivity index (χ4n) is 0.471. The van der Waals surface area contributed by atoms with E-state index in [1.807, 2.05) is 0 Å². The molecular weight excluding hydrogens is 399 g/mol. The third-order valence-electron chi connectivity index (χ3n) is 2.10. The fraction of sp³-hybridized carbons (Fsp3) is 0.889. The standard InChI is InChI=1S/2C5H12S.2C4H9.Sn/c2*1-5(2)3-4-6;2*1-3-4-2;/h2*5-6H,3-4H2,1-2H3;2*1,3-4H2,2H3;/q;;;;+2/p-2. The van der Waals surface area contributed by atoms with Crippen molar-refractivity contribution in [3.63, 3.8) is 0 Å². The van der Waals surface area contributed by atoms with Crippen LogP contribution in [0.4, 0.5) is 0 Å². The third kappa shape index (κ3) is 90.6. The molecule has 0 spiro atoms. The zero-order valence-corrected chi connectivity index (χ0v) is 20.0. The summed E-state index contributed by atoms with van der Waals surface area (Å²) in [6.07, 6.45) is 6.94. The van der Waals surface area contributed by atoms with Crippen molar-refractivity contribution in [1.82, 2.24) is 0 Å². The van der Waals surface area contributed by atoms with Gasteiger partial charge in [-0.05, 0) is 11.8 Å². The molecule has 0 aliphatic rings. The Labute approximate surface area is 165 Å². The summed E-state index contributed by atoms with van der Waals surface area (Å²) >= 11 is 9.46. The molecule has 0 rings (SSSR count). The van der Waals surface area contributed by atoms with Gasteiger partial charge in [-0.15, -0.1) is 0 Å². The van der Waals surface area contributed by atoms with Crippen LogP contribution in [0, 0.1) is 25.7 Å². The van der Waals surface area contributed by atoms with E-state index < -0.39 is 0 Å². The van der Waals surface area contributed by atoms with Crippen molar-refractivity contribution in [1.29, 1.82) is 0 Å². The van der Waals surface area contributed by atoms with E-state index in [9.17, 15) is 0 Å². The Morgan fingerprint density at radius 2 is 0.905 bits per heavy atom. The van der Waals surface area contributed by atoms with Crippen molar-refractivity contribution in [2.45, 2.75) is 80.1 Å². The molecule has 0 aromatic heterocycles. The van der Waals surface area contributed by atoms with E-state index in [2.05, 4.69) is 55.4 Å². The van der Waals surface area contributed by atoms with Crippen molar-refractivity contribution in [2.75, 3.05) is 11.5 Å². The van der Waals surface area contributed by atoms with E-state index in [1.165, 1.54) is 25.7 Å². The Balaban J connectivity index is -0.0000000544. The molecule has 0 saturated heterocycles. The van der Waals surface area contributed by atoms with Gasteiger partial charge in [-0.25, -0.2) is 0 Å². The van der Waals surface area contributed by atoms with Crippen LogP contribution in [-0.4, -0.2) is 35.4 Å². The van der Waals surface area contributed by atoms with Crippen LogP contribution < -0.4 is 0 Å². The monoisotopic (exact) mass is 440 g/mol. The Hall–Kier alpha value is 1.50. The minimum absolute atomic E-state index is 0. The summed E-state index contributed by atoms with van der Waals surface area (Å²) in [5, 5.41) is 0. The maximum atomic E-state index is 4.73. The van der Waals surface area contributed by atoms with Crippen LogP contribution in [0.2, 0.25) is 0 Å². The van der Waals surface area contributed by atoms with Crippen LogP contribution in [0.1, 0.15) is 80.1 Å². The average Bonchev–Trinajstić information content (AvgIpc) is 2.39. The Morgan fingerprint density at radius 1 is 0.714 bits per heavy atom. The van der Waals surface area contributed by atoms with Gasteiger partial charge in [0.1, 0.15) is 0 Å². The fourth-order valence-corrected chi connectivity index (χ4v) is 1.41. The molecule has 0 aliphatic heterocycles. The molecule has 0 saturated carbocycles. The summed E-state index contributed by atoms with van der Waals surface area (Å²) in [5.41, 5.74) is 0. The van der Waals surface area contributed by atoms with Gasteiger partial charge in [0.05, 0.1) is 0 Å². The molecule has 0 bridgehead atoms. The van der Waals surface area contributed by atoms with Gasteiger partial charge in [-0.3, -0.25) is 0 Å². The van der Waals surface area contributed by atoms with Gasteiger partial charge >= 0.3 is 23.9 Å². The molecule has 0 aliphatic carbocycles. The largest absolute Gasteiger partial charge is 2.00 e. The van der Waals surface area contributed by atoms with Crippen molar-refractivity contribution in [3.8, 4) is 0 Å². The van der Waals surface area contributed by atoms with Crippen molar-refractivity contribution < 1.29 is 0 Å². The van der Waals surface area contributed by atoms with Gasteiger partial charge in [0.15, 0.2) is 0 Å². The predicted octanol–water partition coefficient (Wildman–Crippen LogP) is 6.02. The van der Waals surface area contributed by atoms with Gasteiger partial charge in [0, 0.05) is 0 Å². The first-order chi connectivity index (χ1) is 9.37. The van der Waals surface area contributed by atoms with E-state index >= 15 is 0 Å². The molecule has 0 aromatic rings. The SMILES string of the molecule is CC(C)CC[S-].CC(C)CC[S-].[CH2]CCC.[CH2]CCC.[Sn+2]. The summed E-state index contributed by atoms with van der Waals surface area (Å²) < 4.78 is 0. The first-order valence-electron chi connectivity index (χ1n) is 8.12. The molecule has 0 aromatic carbocycles. The van der Waals surface area contributed by atoms with Crippen LogP contribution >= 0.6 is 0 Å². The van der Waals surface area contributed by atoms with Gasteiger partial charge in [0.2, 0.25) is 0 Å². The molecule has 128 valence electrons. The molecule has 0 N–H and O–H groups in total. The smallest absolute Gasteiger partial charge is 0.793 e. The van der Waals surface area contributed by atoms with Gasteiger partial charge in [-0.1, -0.05) is 93.9 Å². The molecule has 0 heterocycles. The van der Waals surface area contributed by atoms with Crippen molar-refractivity contribution in [2.24, 2.45) is 11.8 Å². The Kier molecular flexibility index (Phi) is 60.8. The molecular formula is C18H40S2Sn. The Bertz CT molecular complexity index is 99.8. The van der Waals surface area contributed by atoms with Gasteiger partial charge in [0.25, 0.3) is 0 Å². The van der Waals surface area contributed by atoms with Crippen molar-refractivity contribution in [3.05, 3.63) is 13.8 Å². The normalized spacial score (nSPS) is 8.57. The molecule has 0 unspecified atom stereocenters. The number of unbranched alkanes of at least 4 members (excludes halogenated alkanes) is 2. The van der Waals surface area contributed by atoms with Crippen LogP contribution in [-0.2, 0) is 25.3 Å². The molecule has 4 radical (unpaired) electrons. The number of rotatable bonds is 6. The topological polar surface area (TPSA) is 0 Å². The second-order valence-corrected chi connectivity index (χ2v) is 6.30. The number of hydrogen-bond donors (Lipinski definition) is 0. The maximum absolute atomic E-state index is 4.73. The van der Waals surface area contributed by atoms with Crippen LogP contribution in [0.15, 0.2) is 0 Å². The summed E-state index contributed by atoms with van der Waals surface area (Å²) in [6.45, 7) is 20.2. The molecule has 0 amide bonds. The summed E-state index contributed by atoms with van der Waals surface area (Å²) in [4.78, 5) is 0. The molecule has 3 heteroatoms. The van der Waals surface area contributed by atoms with E-state index in [4.69, 9.17) is 25.3 Å². The molecule has 0 fully saturated rings. The maximum Gasteiger partial charge on any atom is 2.00 e. The zero-order chi connectivity index (χ0) is 16.8. The predicted molar refractivity (Wildman–Crippen MR) is 110 cm³/mol. The van der Waals surface area contributed by atoms with Gasteiger partial charge in [-0.2, -0.15) is 11.5 Å².